The molecule has 2 fully saturated rings. The fraction of sp³-hybridized carbons (Fsp3) is 0.846. The van der Waals surface area contributed by atoms with Crippen LogP contribution in [-0.2, 0) is 9.53 Å². The van der Waals surface area contributed by atoms with Gasteiger partial charge in [-0.3, -0.25) is 4.79 Å². The molecule has 0 atom stereocenters. The number of nitrogens with one attached hydrogen (secondary N) is 1. The van der Waals surface area contributed by atoms with Gasteiger partial charge in [0.25, 0.3) is 0 Å². The minimum absolute atomic E-state index is 0.209. The van der Waals surface area contributed by atoms with E-state index in [2.05, 4.69) is 5.32 Å². The lowest BCUT2D eigenvalue weighted by atomic mass is 9.91. The topological polar surface area (TPSA) is 82.1 Å². The van der Waals surface area contributed by atoms with Gasteiger partial charge in [0, 0.05) is 39.0 Å². The molecule has 2 aliphatic rings. The molecule has 0 bridgehead atoms. The molecule has 2 aliphatic heterocycles. The highest BCUT2D eigenvalue weighted by atomic mass is 19.4. The van der Waals surface area contributed by atoms with Gasteiger partial charge in [-0.05, 0) is 0 Å². The van der Waals surface area contributed by atoms with Crippen LogP contribution in [0.1, 0.15) is 12.8 Å². The number of nitrogens with zero attached hydrogens (tertiary/aromatic N) is 2. The molecule has 132 valence electrons. The zero-order valence-electron chi connectivity index (χ0n) is 12.6. The zero-order chi connectivity index (χ0) is 17.1. The summed E-state index contributed by atoms with van der Waals surface area (Å²) in [4.78, 5) is 26.5. The highest BCUT2D eigenvalue weighted by molar-refractivity contribution is 5.84. The van der Waals surface area contributed by atoms with E-state index in [9.17, 15) is 27.9 Å². The summed E-state index contributed by atoms with van der Waals surface area (Å²) in [5.41, 5.74) is -2.74. The number of alkyl halides is 3. The van der Waals surface area contributed by atoms with Crippen LogP contribution < -0.4 is 5.32 Å². The number of rotatable bonds is 2. The molecule has 0 aromatic rings. The molecule has 0 unspecified atom stereocenters. The Morgan fingerprint density at radius 1 is 1.09 bits per heavy atom. The standard InChI is InChI=1S/C13H20F3N3O4/c14-13(15,16)12(22)1-3-19(4-2-12)11(21)17-9-10(20)18-5-7-23-8-6-18/h22H,1-9H2,(H,17,21). The smallest absolute Gasteiger partial charge is 0.380 e. The third-order valence-electron chi connectivity index (χ3n) is 4.16. The van der Waals surface area contributed by atoms with Gasteiger partial charge in [-0.2, -0.15) is 13.2 Å². The lowest BCUT2D eigenvalue weighted by Crippen LogP contribution is -2.56. The maximum absolute atomic E-state index is 12.7. The molecule has 0 radical (unpaired) electrons. The minimum atomic E-state index is -4.71. The molecule has 2 N–H and O–H groups in total. The molecule has 0 aromatic heterocycles. The van der Waals surface area contributed by atoms with Crippen LogP contribution in [0.3, 0.4) is 0 Å². The van der Waals surface area contributed by atoms with E-state index in [-0.39, 0.29) is 25.5 Å². The van der Waals surface area contributed by atoms with E-state index in [1.165, 1.54) is 4.90 Å². The van der Waals surface area contributed by atoms with Crippen molar-refractivity contribution in [2.75, 3.05) is 45.9 Å². The Morgan fingerprint density at radius 2 is 1.65 bits per heavy atom. The summed E-state index contributed by atoms with van der Waals surface area (Å²) < 4.78 is 43.2. The predicted molar refractivity (Wildman–Crippen MR) is 72.6 cm³/mol. The molecule has 0 saturated carbocycles. The summed E-state index contributed by atoms with van der Waals surface area (Å²) in [6.45, 7) is 1.16. The number of carbonyl (C=O) groups is 2. The molecule has 10 heteroatoms. The molecule has 2 heterocycles. The van der Waals surface area contributed by atoms with Crippen molar-refractivity contribution in [2.24, 2.45) is 0 Å². The van der Waals surface area contributed by atoms with Gasteiger partial charge in [-0.25, -0.2) is 4.79 Å². The Labute approximate surface area is 131 Å². The second-order valence-corrected chi connectivity index (χ2v) is 5.67. The van der Waals surface area contributed by atoms with E-state index in [0.717, 1.165) is 0 Å². The number of halogens is 3. The first-order valence-electron chi connectivity index (χ1n) is 7.40. The number of carbonyl (C=O) groups excluding carboxylic acids is 2. The zero-order valence-corrected chi connectivity index (χ0v) is 12.6. The number of ether oxygens (including phenoxy) is 1. The Morgan fingerprint density at radius 3 is 2.17 bits per heavy atom. The van der Waals surface area contributed by atoms with Crippen LogP contribution in [0.25, 0.3) is 0 Å². The van der Waals surface area contributed by atoms with Gasteiger partial charge >= 0.3 is 12.2 Å². The van der Waals surface area contributed by atoms with Gasteiger partial charge in [-0.1, -0.05) is 0 Å². The number of amides is 3. The maximum Gasteiger partial charge on any atom is 0.417 e. The summed E-state index contributed by atoms with van der Waals surface area (Å²) >= 11 is 0. The maximum atomic E-state index is 12.7. The number of morpholine rings is 1. The van der Waals surface area contributed by atoms with Crippen molar-refractivity contribution in [1.82, 2.24) is 15.1 Å². The molecular weight excluding hydrogens is 319 g/mol. The largest absolute Gasteiger partial charge is 0.417 e. The Bertz CT molecular complexity index is 444. The van der Waals surface area contributed by atoms with Crippen LogP contribution in [0.15, 0.2) is 0 Å². The van der Waals surface area contributed by atoms with Crippen molar-refractivity contribution in [3.8, 4) is 0 Å². The predicted octanol–water partition coefficient (Wildman–Crippen LogP) is -0.0560. The fourth-order valence-corrected chi connectivity index (χ4v) is 2.55. The van der Waals surface area contributed by atoms with E-state index >= 15 is 0 Å². The van der Waals surface area contributed by atoms with Crippen molar-refractivity contribution in [2.45, 2.75) is 24.6 Å². The fourth-order valence-electron chi connectivity index (χ4n) is 2.55. The van der Waals surface area contributed by atoms with Gasteiger partial charge in [0.1, 0.15) is 0 Å². The lowest BCUT2D eigenvalue weighted by molar-refractivity contribution is -0.271. The van der Waals surface area contributed by atoms with Crippen LogP contribution in [0, 0.1) is 0 Å². The van der Waals surface area contributed by atoms with Crippen LogP contribution >= 0.6 is 0 Å². The third-order valence-corrected chi connectivity index (χ3v) is 4.16. The van der Waals surface area contributed by atoms with Crippen LogP contribution in [0.5, 0.6) is 0 Å². The van der Waals surface area contributed by atoms with E-state index < -0.39 is 30.7 Å². The van der Waals surface area contributed by atoms with E-state index in [1.807, 2.05) is 0 Å². The van der Waals surface area contributed by atoms with Crippen molar-refractivity contribution in [3.05, 3.63) is 0 Å². The first-order chi connectivity index (χ1) is 10.7. The second kappa shape index (κ2) is 6.91. The summed E-state index contributed by atoms with van der Waals surface area (Å²) in [7, 11) is 0. The molecule has 0 spiro atoms. The molecule has 2 saturated heterocycles. The van der Waals surface area contributed by atoms with Crippen LogP contribution in [-0.4, -0.2) is 84.6 Å². The molecule has 2 rings (SSSR count). The molecule has 7 nitrogen and oxygen atoms in total. The van der Waals surface area contributed by atoms with Gasteiger partial charge in [0.15, 0.2) is 5.60 Å². The normalized spacial score (nSPS) is 21.9. The van der Waals surface area contributed by atoms with E-state index in [0.29, 0.717) is 26.3 Å². The minimum Gasteiger partial charge on any atom is -0.380 e. The Hall–Kier alpha value is -1.55. The van der Waals surface area contributed by atoms with Crippen molar-refractivity contribution in [1.29, 1.82) is 0 Å². The molecule has 23 heavy (non-hydrogen) atoms. The molecule has 3 amide bonds. The van der Waals surface area contributed by atoms with Crippen LogP contribution in [0.4, 0.5) is 18.0 Å². The average Bonchev–Trinajstić information content (AvgIpc) is 2.53. The molecule has 0 aliphatic carbocycles. The van der Waals surface area contributed by atoms with E-state index in [1.54, 1.807) is 4.90 Å². The monoisotopic (exact) mass is 339 g/mol. The summed E-state index contributed by atoms with van der Waals surface area (Å²) in [5, 5.41) is 11.9. The van der Waals surface area contributed by atoms with Gasteiger partial charge in [-0.15, -0.1) is 0 Å². The summed E-state index contributed by atoms with van der Waals surface area (Å²) in [5.74, 6) is -0.259. The number of hydrogen-bond donors (Lipinski definition) is 2. The quantitative estimate of drug-likeness (QED) is 0.739. The van der Waals surface area contributed by atoms with Gasteiger partial charge in [0.05, 0.1) is 19.8 Å². The number of aliphatic hydroxyl groups is 1. The summed E-state index contributed by atoms with van der Waals surface area (Å²) in [6.07, 6.45) is -5.84. The SMILES string of the molecule is O=C(CNC(=O)N1CCC(O)(C(F)(F)F)CC1)N1CCOCC1. The van der Waals surface area contributed by atoms with Gasteiger partial charge in [0.2, 0.25) is 5.91 Å². The highest BCUT2D eigenvalue weighted by Crippen LogP contribution is 2.38. The second-order valence-electron chi connectivity index (χ2n) is 5.67. The van der Waals surface area contributed by atoms with Crippen molar-refractivity contribution >= 4 is 11.9 Å². The first kappa shape index (κ1) is 17.8. The average molecular weight is 339 g/mol. The number of likely N-dealkylation sites (tertiary alicyclic amines) is 1. The molecular formula is C13H20F3N3O4. The number of hydrogen-bond acceptors (Lipinski definition) is 4. The molecule has 0 aromatic carbocycles. The van der Waals surface area contributed by atoms with Crippen LogP contribution in [0.2, 0.25) is 0 Å². The lowest BCUT2D eigenvalue weighted by Gasteiger charge is -2.39. The van der Waals surface area contributed by atoms with E-state index in [4.69, 9.17) is 4.74 Å². The third kappa shape index (κ3) is 4.25. The number of urea groups is 1. The van der Waals surface area contributed by atoms with Crippen molar-refractivity contribution < 1.29 is 32.6 Å². The Balaban J connectivity index is 1.76. The Kier molecular flexibility index (Phi) is 5.35. The highest BCUT2D eigenvalue weighted by Gasteiger charge is 2.54. The van der Waals surface area contributed by atoms with Crippen molar-refractivity contribution in [3.63, 3.8) is 0 Å². The summed E-state index contributed by atoms with van der Waals surface area (Å²) in [6, 6.07) is -0.601. The van der Waals surface area contributed by atoms with Gasteiger partial charge < -0.3 is 25.0 Å². The first-order valence-corrected chi connectivity index (χ1v) is 7.40. The number of piperidine rings is 1.